The second-order valence-corrected chi connectivity index (χ2v) is 7.77. The van der Waals surface area contributed by atoms with Crippen molar-refractivity contribution in [3.05, 3.63) is 93.1 Å². The molecule has 4 rings (SSSR count). The first kappa shape index (κ1) is 20.8. The normalized spacial score (nSPS) is 11.0. The van der Waals surface area contributed by atoms with Gasteiger partial charge in [-0.1, -0.05) is 35.9 Å². The number of carbonyl (C=O) groups is 1. The van der Waals surface area contributed by atoms with E-state index in [0.717, 1.165) is 11.1 Å². The molecule has 156 valence electrons. The third-order valence-electron chi connectivity index (χ3n) is 5.04. The summed E-state index contributed by atoms with van der Waals surface area (Å²) in [4.78, 5) is 29.7. The first-order chi connectivity index (χ1) is 14.8. The summed E-state index contributed by atoms with van der Waals surface area (Å²) in [6.07, 6.45) is 0. The lowest BCUT2D eigenvalue weighted by Crippen LogP contribution is -2.30. The maximum absolute atomic E-state index is 14.4. The highest BCUT2D eigenvalue weighted by Crippen LogP contribution is 2.29. The molecule has 0 aliphatic rings. The lowest BCUT2D eigenvalue weighted by molar-refractivity contribution is -0.116. The number of nitrogens with zero attached hydrogens (tertiary/aromatic N) is 2. The van der Waals surface area contributed by atoms with E-state index in [2.05, 4.69) is 10.3 Å². The van der Waals surface area contributed by atoms with Crippen LogP contribution in [0.3, 0.4) is 0 Å². The minimum absolute atomic E-state index is 0.187. The largest absolute Gasteiger partial charge is 0.349 e. The number of fused-ring (bicyclic) bond motifs is 1. The molecule has 0 fully saturated rings. The Morgan fingerprint density at radius 2 is 1.87 bits per heavy atom. The highest BCUT2D eigenvalue weighted by Gasteiger charge is 2.17. The number of anilines is 1. The number of benzene rings is 3. The molecule has 1 N–H and O–H groups in total. The molecule has 1 heterocycles. The van der Waals surface area contributed by atoms with Crippen LogP contribution in [0.5, 0.6) is 0 Å². The molecule has 7 heteroatoms. The molecule has 1 aromatic heterocycles. The number of aryl methyl sites for hydroxylation is 2. The molecule has 0 unspecified atom stereocenters. The minimum atomic E-state index is -0.649. The van der Waals surface area contributed by atoms with Crippen LogP contribution >= 0.6 is 11.6 Å². The fraction of sp³-hybridized carbons (Fsp3) is 0.125. The highest BCUT2D eigenvalue weighted by atomic mass is 35.5. The van der Waals surface area contributed by atoms with Gasteiger partial charge in [0, 0.05) is 21.7 Å². The van der Waals surface area contributed by atoms with Crippen LogP contribution in [0.1, 0.15) is 11.1 Å². The number of nitrogens with one attached hydrogen (secondary N) is 1. The van der Waals surface area contributed by atoms with Crippen LogP contribution in [0.4, 0.5) is 10.1 Å². The molecule has 0 saturated carbocycles. The molecule has 0 bridgehead atoms. The molecule has 0 radical (unpaired) electrons. The summed E-state index contributed by atoms with van der Waals surface area (Å²) in [5.74, 6) is -0.867. The van der Waals surface area contributed by atoms with Gasteiger partial charge in [-0.15, -0.1) is 0 Å². The number of amides is 1. The van der Waals surface area contributed by atoms with E-state index in [1.807, 2.05) is 32.0 Å². The Bertz CT molecular complexity index is 1380. The lowest BCUT2D eigenvalue weighted by atomic mass is 10.1. The Hall–Kier alpha value is -3.51. The first-order valence-electron chi connectivity index (χ1n) is 9.65. The van der Waals surface area contributed by atoms with Gasteiger partial charge in [0.2, 0.25) is 5.91 Å². The summed E-state index contributed by atoms with van der Waals surface area (Å²) in [5.41, 5.74) is 2.78. The molecule has 0 saturated heterocycles. The Labute approximate surface area is 183 Å². The molecule has 0 spiro atoms. The van der Waals surface area contributed by atoms with Crippen molar-refractivity contribution in [2.75, 3.05) is 5.32 Å². The van der Waals surface area contributed by atoms with Crippen molar-refractivity contribution < 1.29 is 9.18 Å². The standard InChI is InChI=1S/C24H19ClFN3O2/c1-14-7-8-15(2)20(11-14)27-22(30)13-29-21-10-9-16(25)12-18(21)23(28-24(29)31)17-5-3-4-6-19(17)26/h3-12H,13H2,1-2H3,(H,27,30). The summed E-state index contributed by atoms with van der Waals surface area (Å²) in [6.45, 7) is 3.58. The predicted molar refractivity (Wildman–Crippen MR) is 121 cm³/mol. The van der Waals surface area contributed by atoms with Gasteiger partial charge in [-0.05, 0) is 61.4 Å². The summed E-state index contributed by atoms with van der Waals surface area (Å²) in [5, 5.41) is 3.74. The van der Waals surface area contributed by atoms with E-state index in [-0.39, 0.29) is 23.7 Å². The zero-order valence-corrected chi connectivity index (χ0v) is 17.7. The number of carbonyl (C=O) groups excluding carboxylic acids is 1. The average molecular weight is 436 g/mol. The van der Waals surface area contributed by atoms with Gasteiger partial charge in [0.05, 0.1) is 11.2 Å². The molecule has 31 heavy (non-hydrogen) atoms. The minimum Gasteiger partial charge on any atom is -0.324 e. The smallest absolute Gasteiger partial charge is 0.324 e. The first-order valence-corrected chi connectivity index (χ1v) is 10.0. The van der Waals surface area contributed by atoms with Gasteiger partial charge in [-0.3, -0.25) is 9.36 Å². The zero-order valence-electron chi connectivity index (χ0n) is 16.9. The number of aromatic nitrogens is 2. The van der Waals surface area contributed by atoms with Gasteiger partial charge in [0.25, 0.3) is 0 Å². The van der Waals surface area contributed by atoms with E-state index >= 15 is 0 Å². The summed E-state index contributed by atoms with van der Waals surface area (Å²) in [7, 11) is 0. The Kier molecular flexibility index (Phi) is 5.57. The molecule has 5 nitrogen and oxygen atoms in total. The van der Waals surface area contributed by atoms with Crippen molar-refractivity contribution in [1.29, 1.82) is 0 Å². The highest BCUT2D eigenvalue weighted by molar-refractivity contribution is 6.31. The van der Waals surface area contributed by atoms with Crippen molar-refractivity contribution >= 4 is 34.1 Å². The van der Waals surface area contributed by atoms with Gasteiger partial charge in [0.15, 0.2) is 0 Å². The van der Waals surface area contributed by atoms with Crippen molar-refractivity contribution in [1.82, 2.24) is 9.55 Å². The number of rotatable bonds is 4. The quantitative estimate of drug-likeness (QED) is 0.484. The number of hydrogen-bond donors (Lipinski definition) is 1. The van der Waals surface area contributed by atoms with Crippen LogP contribution in [0.2, 0.25) is 5.02 Å². The van der Waals surface area contributed by atoms with Gasteiger partial charge < -0.3 is 5.32 Å². The molecule has 0 aliphatic carbocycles. The van der Waals surface area contributed by atoms with Crippen LogP contribution in [-0.2, 0) is 11.3 Å². The third-order valence-corrected chi connectivity index (χ3v) is 5.28. The molecular formula is C24H19ClFN3O2. The topological polar surface area (TPSA) is 64.0 Å². The van der Waals surface area contributed by atoms with E-state index < -0.39 is 11.5 Å². The van der Waals surface area contributed by atoms with Gasteiger partial charge in [0.1, 0.15) is 12.4 Å². The van der Waals surface area contributed by atoms with E-state index in [9.17, 15) is 14.0 Å². The molecule has 4 aromatic rings. The van der Waals surface area contributed by atoms with Gasteiger partial charge >= 0.3 is 5.69 Å². The fourth-order valence-electron chi connectivity index (χ4n) is 3.47. The maximum atomic E-state index is 14.4. The molecule has 0 atom stereocenters. The molecular weight excluding hydrogens is 417 g/mol. The summed E-state index contributed by atoms with van der Waals surface area (Å²) >= 11 is 6.17. The molecule has 1 amide bonds. The second kappa shape index (κ2) is 8.32. The van der Waals surface area contributed by atoms with E-state index in [4.69, 9.17) is 11.6 Å². The second-order valence-electron chi connectivity index (χ2n) is 7.34. The van der Waals surface area contributed by atoms with Crippen LogP contribution < -0.4 is 11.0 Å². The SMILES string of the molecule is Cc1ccc(C)c(NC(=O)Cn2c(=O)nc(-c3ccccc3F)c3cc(Cl)ccc32)c1. The Balaban J connectivity index is 1.79. The predicted octanol–water partition coefficient (Wildman–Crippen LogP) is 5.11. The maximum Gasteiger partial charge on any atom is 0.349 e. The Morgan fingerprint density at radius 1 is 1.10 bits per heavy atom. The van der Waals surface area contributed by atoms with Gasteiger partial charge in [-0.2, -0.15) is 4.98 Å². The van der Waals surface area contributed by atoms with Crippen molar-refractivity contribution in [3.63, 3.8) is 0 Å². The third kappa shape index (κ3) is 4.20. The fourth-order valence-corrected chi connectivity index (χ4v) is 3.64. The van der Waals surface area contributed by atoms with Gasteiger partial charge in [-0.25, -0.2) is 9.18 Å². The van der Waals surface area contributed by atoms with Crippen LogP contribution in [0.15, 0.2) is 65.5 Å². The lowest BCUT2D eigenvalue weighted by Gasteiger charge is -2.14. The number of hydrogen-bond acceptors (Lipinski definition) is 3. The monoisotopic (exact) mass is 435 g/mol. The summed E-state index contributed by atoms with van der Waals surface area (Å²) in [6, 6.07) is 16.7. The van der Waals surface area contributed by atoms with E-state index in [1.54, 1.807) is 36.4 Å². The van der Waals surface area contributed by atoms with E-state index in [0.29, 0.717) is 21.6 Å². The van der Waals surface area contributed by atoms with Crippen molar-refractivity contribution in [2.45, 2.75) is 20.4 Å². The average Bonchev–Trinajstić information content (AvgIpc) is 2.73. The number of halogens is 2. The van der Waals surface area contributed by atoms with Crippen LogP contribution in [0.25, 0.3) is 22.2 Å². The molecule has 3 aromatic carbocycles. The summed E-state index contributed by atoms with van der Waals surface area (Å²) < 4.78 is 15.7. The van der Waals surface area contributed by atoms with Crippen LogP contribution in [0, 0.1) is 19.7 Å². The van der Waals surface area contributed by atoms with Crippen molar-refractivity contribution in [3.8, 4) is 11.3 Å². The van der Waals surface area contributed by atoms with Crippen LogP contribution in [-0.4, -0.2) is 15.5 Å². The zero-order chi connectivity index (χ0) is 22.1. The van der Waals surface area contributed by atoms with Crippen molar-refractivity contribution in [2.24, 2.45) is 0 Å². The van der Waals surface area contributed by atoms with E-state index in [1.165, 1.54) is 10.6 Å². The molecule has 0 aliphatic heterocycles. The Morgan fingerprint density at radius 3 is 2.65 bits per heavy atom.